The molecule has 25 heavy (non-hydrogen) atoms. The van der Waals surface area contributed by atoms with E-state index in [0.29, 0.717) is 19.0 Å². The Hall–Kier alpha value is -2.56. The Morgan fingerprint density at radius 1 is 1.20 bits per heavy atom. The second-order valence-corrected chi connectivity index (χ2v) is 6.57. The van der Waals surface area contributed by atoms with Crippen molar-refractivity contribution in [2.45, 2.75) is 38.8 Å². The highest BCUT2D eigenvalue weighted by atomic mass is 16.3. The monoisotopic (exact) mass is 340 g/mol. The molecule has 0 bridgehead atoms. The number of amides is 2. The fourth-order valence-electron chi connectivity index (χ4n) is 2.99. The number of nitrogens with zero attached hydrogens (tertiary/aromatic N) is 1. The van der Waals surface area contributed by atoms with Crippen molar-refractivity contribution in [2.75, 3.05) is 6.54 Å². The third kappa shape index (κ3) is 4.72. The first kappa shape index (κ1) is 17.3. The van der Waals surface area contributed by atoms with Crippen molar-refractivity contribution >= 4 is 11.8 Å². The van der Waals surface area contributed by atoms with Crippen molar-refractivity contribution in [3.8, 4) is 0 Å². The van der Waals surface area contributed by atoms with E-state index in [2.05, 4.69) is 12.2 Å². The average Bonchev–Trinajstić information content (AvgIpc) is 3.33. The minimum Gasteiger partial charge on any atom is -0.459 e. The van der Waals surface area contributed by atoms with Gasteiger partial charge in [-0.05, 0) is 43.4 Å². The predicted octanol–water partition coefficient (Wildman–Crippen LogP) is 3.23. The van der Waals surface area contributed by atoms with Crippen LogP contribution in [0.4, 0.5) is 0 Å². The zero-order valence-electron chi connectivity index (χ0n) is 14.5. The third-order valence-corrected chi connectivity index (χ3v) is 4.68. The fraction of sp³-hybridized carbons (Fsp3) is 0.400. The molecular formula is C20H24N2O3. The molecule has 0 aliphatic heterocycles. The highest BCUT2D eigenvalue weighted by molar-refractivity contribution is 5.91. The van der Waals surface area contributed by atoms with Crippen LogP contribution in [0.25, 0.3) is 0 Å². The maximum absolute atomic E-state index is 12.7. The van der Waals surface area contributed by atoms with E-state index in [9.17, 15) is 9.59 Å². The molecule has 0 radical (unpaired) electrons. The zero-order chi connectivity index (χ0) is 17.6. The summed E-state index contributed by atoms with van der Waals surface area (Å²) in [5.74, 6) is 0.649. The molecule has 2 amide bonds. The molecule has 1 aromatic heterocycles. The SMILES string of the molecule is C[C@H](C1CC1)N(Cc1ccccc1)C(=O)CCNC(=O)c1ccco1. The second-order valence-electron chi connectivity index (χ2n) is 6.57. The summed E-state index contributed by atoms with van der Waals surface area (Å²) < 4.78 is 5.05. The largest absolute Gasteiger partial charge is 0.459 e. The Balaban J connectivity index is 1.56. The van der Waals surface area contributed by atoms with Crippen molar-refractivity contribution in [1.82, 2.24) is 10.2 Å². The lowest BCUT2D eigenvalue weighted by molar-refractivity contribution is -0.134. The van der Waals surface area contributed by atoms with Crippen LogP contribution >= 0.6 is 0 Å². The molecule has 1 fully saturated rings. The summed E-state index contributed by atoms with van der Waals surface area (Å²) in [6.45, 7) is 3.05. The van der Waals surface area contributed by atoms with Crippen LogP contribution in [0.1, 0.15) is 42.3 Å². The second kappa shape index (κ2) is 8.01. The van der Waals surface area contributed by atoms with E-state index in [1.165, 1.54) is 19.1 Å². The molecule has 0 unspecified atom stereocenters. The Kier molecular flexibility index (Phi) is 5.53. The van der Waals surface area contributed by atoms with Crippen LogP contribution in [0.15, 0.2) is 53.1 Å². The summed E-state index contributed by atoms with van der Waals surface area (Å²) in [6, 6.07) is 13.5. The van der Waals surface area contributed by atoms with Crippen LogP contribution in [0, 0.1) is 5.92 Å². The van der Waals surface area contributed by atoms with E-state index >= 15 is 0 Å². The van der Waals surface area contributed by atoms with E-state index in [1.807, 2.05) is 35.2 Å². The molecule has 1 aliphatic carbocycles. The number of nitrogens with one attached hydrogen (secondary N) is 1. The summed E-state index contributed by atoms with van der Waals surface area (Å²) >= 11 is 0. The van der Waals surface area contributed by atoms with E-state index in [4.69, 9.17) is 4.42 Å². The number of rotatable bonds is 8. The van der Waals surface area contributed by atoms with Gasteiger partial charge < -0.3 is 14.6 Å². The lowest BCUT2D eigenvalue weighted by Gasteiger charge is -2.30. The van der Waals surface area contributed by atoms with Gasteiger partial charge in [0.05, 0.1) is 6.26 Å². The Morgan fingerprint density at radius 3 is 2.60 bits per heavy atom. The van der Waals surface area contributed by atoms with Crippen molar-refractivity contribution < 1.29 is 14.0 Å². The number of hydrogen-bond acceptors (Lipinski definition) is 3. The molecule has 3 rings (SSSR count). The first-order chi connectivity index (χ1) is 12.1. The van der Waals surface area contributed by atoms with Gasteiger partial charge in [0, 0.05) is 25.6 Å². The first-order valence-electron chi connectivity index (χ1n) is 8.80. The maximum atomic E-state index is 12.7. The van der Waals surface area contributed by atoms with Gasteiger partial charge in [-0.1, -0.05) is 30.3 Å². The Labute approximate surface area is 148 Å². The van der Waals surface area contributed by atoms with Gasteiger partial charge >= 0.3 is 0 Å². The number of benzene rings is 1. The van der Waals surface area contributed by atoms with E-state index < -0.39 is 0 Å². The van der Waals surface area contributed by atoms with E-state index in [-0.39, 0.29) is 30.0 Å². The highest BCUT2D eigenvalue weighted by Gasteiger charge is 2.34. The average molecular weight is 340 g/mol. The Morgan fingerprint density at radius 2 is 1.96 bits per heavy atom. The molecule has 1 saturated carbocycles. The molecule has 1 heterocycles. The minimum absolute atomic E-state index is 0.0722. The lowest BCUT2D eigenvalue weighted by atomic mass is 10.1. The Bertz CT molecular complexity index is 693. The number of furan rings is 1. The van der Waals surface area contributed by atoms with E-state index in [0.717, 1.165) is 5.56 Å². The topological polar surface area (TPSA) is 62.6 Å². The molecule has 0 saturated heterocycles. The van der Waals surface area contributed by atoms with Gasteiger partial charge in [0.1, 0.15) is 0 Å². The third-order valence-electron chi connectivity index (χ3n) is 4.68. The summed E-state index contributed by atoms with van der Waals surface area (Å²) in [6.07, 6.45) is 4.12. The molecule has 1 N–H and O–H groups in total. The summed E-state index contributed by atoms with van der Waals surface area (Å²) in [5.41, 5.74) is 1.13. The number of hydrogen-bond donors (Lipinski definition) is 1. The van der Waals surface area contributed by atoms with Crippen molar-refractivity contribution in [1.29, 1.82) is 0 Å². The molecule has 132 valence electrons. The van der Waals surface area contributed by atoms with Gasteiger partial charge in [0.2, 0.25) is 5.91 Å². The van der Waals surface area contributed by atoms with Gasteiger partial charge in [-0.15, -0.1) is 0 Å². The minimum atomic E-state index is -0.289. The quantitative estimate of drug-likeness (QED) is 0.802. The highest BCUT2D eigenvalue weighted by Crippen LogP contribution is 2.35. The fourth-order valence-corrected chi connectivity index (χ4v) is 2.99. The molecule has 1 aromatic carbocycles. The maximum Gasteiger partial charge on any atom is 0.286 e. The summed E-state index contributed by atoms with van der Waals surface area (Å²) in [4.78, 5) is 26.6. The van der Waals surface area contributed by atoms with Crippen LogP contribution in [0.3, 0.4) is 0 Å². The van der Waals surface area contributed by atoms with Crippen LogP contribution in [-0.2, 0) is 11.3 Å². The number of carbonyl (C=O) groups excluding carboxylic acids is 2. The van der Waals surface area contributed by atoms with Crippen LogP contribution in [0.5, 0.6) is 0 Å². The smallest absolute Gasteiger partial charge is 0.286 e. The van der Waals surface area contributed by atoms with Crippen molar-refractivity contribution in [3.05, 3.63) is 60.1 Å². The van der Waals surface area contributed by atoms with Gasteiger partial charge in [0.25, 0.3) is 5.91 Å². The van der Waals surface area contributed by atoms with Crippen LogP contribution in [0.2, 0.25) is 0 Å². The van der Waals surface area contributed by atoms with Gasteiger partial charge in [-0.3, -0.25) is 9.59 Å². The lowest BCUT2D eigenvalue weighted by Crippen LogP contribution is -2.41. The predicted molar refractivity (Wildman–Crippen MR) is 94.8 cm³/mol. The summed E-state index contributed by atoms with van der Waals surface area (Å²) in [7, 11) is 0. The number of carbonyl (C=O) groups is 2. The summed E-state index contributed by atoms with van der Waals surface area (Å²) in [5, 5.41) is 2.74. The van der Waals surface area contributed by atoms with Crippen LogP contribution in [-0.4, -0.2) is 29.3 Å². The zero-order valence-corrected chi connectivity index (χ0v) is 14.5. The molecule has 5 heteroatoms. The van der Waals surface area contributed by atoms with E-state index in [1.54, 1.807) is 12.1 Å². The molecule has 2 aromatic rings. The first-order valence-corrected chi connectivity index (χ1v) is 8.80. The van der Waals surface area contributed by atoms with Crippen molar-refractivity contribution in [2.24, 2.45) is 5.92 Å². The molecule has 5 nitrogen and oxygen atoms in total. The van der Waals surface area contributed by atoms with Gasteiger partial charge in [-0.25, -0.2) is 0 Å². The van der Waals surface area contributed by atoms with Gasteiger partial charge in [0.15, 0.2) is 5.76 Å². The molecule has 1 aliphatic rings. The van der Waals surface area contributed by atoms with Gasteiger partial charge in [-0.2, -0.15) is 0 Å². The molecule has 1 atom stereocenters. The molecular weight excluding hydrogens is 316 g/mol. The van der Waals surface area contributed by atoms with Crippen LogP contribution < -0.4 is 5.32 Å². The standard InChI is InChI=1S/C20H24N2O3/c1-15(17-9-10-17)22(14-16-6-3-2-4-7-16)19(23)11-12-21-20(24)18-8-5-13-25-18/h2-8,13,15,17H,9-12,14H2,1H3,(H,21,24)/t15-/m1/s1. The molecule has 0 spiro atoms. The normalized spacial score (nSPS) is 14.8. The van der Waals surface area contributed by atoms with Crippen molar-refractivity contribution in [3.63, 3.8) is 0 Å².